The SMILES string of the molecule is Nc1ccc(N)c(CNc2ccc([N+](=O)[O-])cc2)c1. The first-order chi connectivity index (χ1) is 9.06. The molecule has 0 unspecified atom stereocenters. The van der Waals surface area contributed by atoms with Crippen LogP contribution in [0.3, 0.4) is 0 Å². The summed E-state index contributed by atoms with van der Waals surface area (Å²) in [5, 5.41) is 13.7. The lowest BCUT2D eigenvalue weighted by Gasteiger charge is -2.09. The second-order valence-corrected chi connectivity index (χ2v) is 4.12. The summed E-state index contributed by atoms with van der Waals surface area (Å²) in [7, 11) is 0. The van der Waals surface area contributed by atoms with Crippen molar-refractivity contribution < 1.29 is 4.92 Å². The summed E-state index contributed by atoms with van der Waals surface area (Å²) in [4.78, 5) is 10.1. The van der Waals surface area contributed by atoms with Gasteiger partial charge < -0.3 is 16.8 Å². The molecular weight excluding hydrogens is 244 g/mol. The average molecular weight is 258 g/mol. The van der Waals surface area contributed by atoms with Gasteiger partial charge in [-0.3, -0.25) is 10.1 Å². The molecule has 0 saturated carbocycles. The topological polar surface area (TPSA) is 107 Å². The molecule has 0 aliphatic heterocycles. The lowest BCUT2D eigenvalue weighted by molar-refractivity contribution is -0.384. The Labute approximate surface area is 110 Å². The summed E-state index contributed by atoms with van der Waals surface area (Å²) in [5.41, 5.74) is 14.6. The van der Waals surface area contributed by atoms with Gasteiger partial charge in [-0.25, -0.2) is 0 Å². The van der Waals surface area contributed by atoms with E-state index < -0.39 is 4.92 Å². The molecule has 0 spiro atoms. The number of anilines is 3. The first-order valence-corrected chi connectivity index (χ1v) is 5.68. The third kappa shape index (κ3) is 3.12. The lowest BCUT2D eigenvalue weighted by atomic mass is 10.1. The highest BCUT2D eigenvalue weighted by molar-refractivity contribution is 5.57. The van der Waals surface area contributed by atoms with Crippen LogP contribution in [0, 0.1) is 10.1 Å². The first kappa shape index (κ1) is 12.7. The molecule has 0 bridgehead atoms. The van der Waals surface area contributed by atoms with Gasteiger partial charge in [-0.05, 0) is 35.9 Å². The van der Waals surface area contributed by atoms with E-state index in [-0.39, 0.29) is 5.69 Å². The Morgan fingerprint density at radius 3 is 2.42 bits per heavy atom. The van der Waals surface area contributed by atoms with E-state index in [1.165, 1.54) is 12.1 Å². The molecule has 0 aliphatic rings. The summed E-state index contributed by atoms with van der Waals surface area (Å²) >= 11 is 0. The van der Waals surface area contributed by atoms with Gasteiger partial charge in [0, 0.05) is 35.7 Å². The van der Waals surface area contributed by atoms with E-state index in [2.05, 4.69) is 5.32 Å². The third-order valence-electron chi connectivity index (χ3n) is 2.73. The van der Waals surface area contributed by atoms with E-state index >= 15 is 0 Å². The summed E-state index contributed by atoms with van der Waals surface area (Å²) in [6.07, 6.45) is 0. The zero-order valence-electron chi connectivity index (χ0n) is 10.2. The number of benzene rings is 2. The number of nitro groups is 1. The molecule has 0 radical (unpaired) electrons. The van der Waals surface area contributed by atoms with Gasteiger partial charge in [-0.1, -0.05) is 0 Å². The van der Waals surface area contributed by atoms with Gasteiger partial charge in [-0.15, -0.1) is 0 Å². The quantitative estimate of drug-likeness (QED) is 0.443. The molecule has 0 heterocycles. The normalized spacial score (nSPS) is 10.1. The molecule has 0 fully saturated rings. The van der Waals surface area contributed by atoms with E-state index in [0.29, 0.717) is 17.9 Å². The first-order valence-electron chi connectivity index (χ1n) is 5.68. The smallest absolute Gasteiger partial charge is 0.269 e. The molecule has 98 valence electrons. The zero-order valence-corrected chi connectivity index (χ0v) is 10.2. The largest absolute Gasteiger partial charge is 0.399 e. The van der Waals surface area contributed by atoms with E-state index in [4.69, 9.17) is 11.5 Å². The monoisotopic (exact) mass is 258 g/mol. The van der Waals surface area contributed by atoms with Crippen molar-refractivity contribution in [2.75, 3.05) is 16.8 Å². The van der Waals surface area contributed by atoms with Crippen molar-refractivity contribution in [1.82, 2.24) is 0 Å². The van der Waals surface area contributed by atoms with Crippen LogP contribution in [0.1, 0.15) is 5.56 Å². The molecule has 2 aromatic rings. The fraction of sp³-hybridized carbons (Fsp3) is 0.0769. The van der Waals surface area contributed by atoms with Crippen molar-refractivity contribution in [3.05, 3.63) is 58.1 Å². The van der Waals surface area contributed by atoms with Crippen LogP contribution >= 0.6 is 0 Å². The number of nitro benzene ring substituents is 1. The van der Waals surface area contributed by atoms with Crippen molar-refractivity contribution in [3.63, 3.8) is 0 Å². The molecule has 5 N–H and O–H groups in total. The predicted octanol–water partition coefficient (Wildman–Crippen LogP) is 2.37. The van der Waals surface area contributed by atoms with Gasteiger partial charge in [0.1, 0.15) is 0 Å². The minimum atomic E-state index is -0.431. The molecule has 2 aromatic carbocycles. The highest BCUT2D eigenvalue weighted by Crippen LogP contribution is 2.19. The maximum Gasteiger partial charge on any atom is 0.269 e. The molecule has 2 rings (SSSR count). The Hall–Kier alpha value is -2.76. The number of nitrogens with two attached hydrogens (primary N) is 2. The van der Waals surface area contributed by atoms with Crippen LogP contribution in [0.5, 0.6) is 0 Å². The Balaban J connectivity index is 2.06. The number of hydrogen-bond acceptors (Lipinski definition) is 5. The van der Waals surface area contributed by atoms with Gasteiger partial charge in [-0.2, -0.15) is 0 Å². The second kappa shape index (κ2) is 5.26. The molecule has 0 amide bonds. The molecule has 0 saturated heterocycles. The number of nitrogens with zero attached hydrogens (tertiary/aromatic N) is 1. The summed E-state index contributed by atoms with van der Waals surface area (Å²) in [5.74, 6) is 0. The minimum absolute atomic E-state index is 0.0639. The number of hydrogen-bond donors (Lipinski definition) is 3. The number of nitrogens with one attached hydrogen (secondary N) is 1. The Morgan fingerprint density at radius 1 is 1.11 bits per heavy atom. The summed E-state index contributed by atoms with van der Waals surface area (Å²) in [6.45, 7) is 0.509. The van der Waals surface area contributed by atoms with Crippen LogP contribution in [0.25, 0.3) is 0 Å². The van der Waals surface area contributed by atoms with Crippen LogP contribution in [-0.4, -0.2) is 4.92 Å². The molecule has 0 aromatic heterocycles. The molecule has 0 aliphatic carbocycles. The van der Waals surface area contributed by atoms with E-state index in [0.717, 1.165) is 11.3 Å². The van der Waals surface area contributed by atoms with Crippen LogP contribution in [-0.2, 0) is 6.54 Å². The number of rotatable bonds is 4. The van der Waals surface area contributed by atoms with Gasteiger partial charge in [0.05, 0.1) is 4.92 Å². The van der Waals surface area contributed by atoms with Crippen LogP contribution < -0.4 is 16.8 Å². The fourth-order valence-electron chi connectivity index (χ4n) is 1.68. The minimum Gasteiger partial charge on any atom is -0.399 e. The molecule has 19 heavy (non-hydrogen) atoms. The van der Waals surface area contributed by atoms with E-state index in [1.807, 2.05) is 0 Å². The maximum atomic E-state index is 10.5. The number of non-ortho nitro benzene ring substituents is 1. The van der Waals surface area contributed by atoms with Gasteiger partial charge in [0.15, 0.2) is 0 Å². The predicted molar refractivity (Wildman–Crippen MR) is 75.7 cm³/mol. The zero-order chi connectivity index (χ0) is 13.8. The molecular formula is C13H14N4O2. The van der Waals surface area contributed by atoms with Crippen molar-refractivity contribution in [2.45, 2.75) is 6.54 Å². The average Bonchev–Trinajstić information content (AvgIpc) is 2.40. The van der Waals surface area contributed by atoms with Crippen molar-refractivity contribution >= 4 is 22.7 Å². The number of nitrogen functional groups attached to an aromatic ring is 2. The van der Waals surface area contributed by atoms with Crippen molar-refractivity contribution in [1.29, 1.82) is 0 Å². The maximum absolute atomic E-state index is 10.5. The molecule has 6 nitrogen and oxygen atoms in total. The van der Waals surface area contributed by atoms with Crippen molar-refractivity contribution in [2.24, 2.45) is 0 Å². The Bertz CT molecular complexity index is 596. The van der Waals surface area contributed by atoms with Gasteiger partial charge in [0.2, 0.25) is 0 Å². The fourth-order valence-corrected chi connectivity index (χ4v) is 1.68. The summed E-state index contributed by atoms with van der Waals surface area (Å²) < 4.78 is 0. The van der Waals surface area contributed by atoms with E-state index in [1.54, 1.807) is 30.3 Å². The summed E-state index contributed by atoms with van der Waals surface area (Å²) in [6, 6.07) is 11.5. The Kier molecular flexibility index (Phi) is 3.51. The van der Waals surface area contributed by atoms with Crippen LogP contribution in [0.15, 0.2) is 42.5 Å². The van der Waals surface area contributed by atoms with Crippen LogP contribution in [0.2, 0.25) is 0 Å². The highest BCUT2D eigenvalue weighted by Gasteiger charge is 2.04. The van der Waals surface area contributed by atoms with Crippen LogP contribution in [0.4, 0.5) is 22.7 Å². The standard InChI is InChI=1S/C13H14N4O2/c14-10-1-6-13(15)9(7-10)8-16-11-2-4-12(5-3-11)17(18)19/h1-7,16H,8,14-15H2. The van der Waals surface area contributed by atoms with Crippen molar-refractivity contribution in [3.8, 4) is 0 Å². The van der Waals surface area contributed by atoms with Gasteiger partial charge >= 0.3 is 0 Å². The Morgan fingerprint density at radius 2 is 1.79 bits per heavy atom. The lowest BCUT2D eigenvalue weighted by Crippen LogP contribution is -2.03. The second-order valence-electron chi connectivity index (χ2n) is 4.12. The van der Waals surface area contributed by atoms with E-state index in [9.17, 15) is 10.1 Å². The molecule has 0 atom stereocenters. The van der Waals surface area contributed by atoms with Gasteiger partial charge in [0.25, 0.3) is 5.69 Å². The highest BCUT2D eigenvalue weighted by atomic mass is 16.6. The third-order valence-corrected chi connectivity index (χ3v) is 2.73. The molecule has 6 heteroatoms.